The van der Waals surface area contributed by atoms with E-state index in [1.165, 1.54) is 11.1 Å². The number of amides is 2. The van der Waals surface area contributed by atoms with Crippen LogP contribution in [0.25, 0.3) is 0 Å². The highest BCUT2D eigenvalue weighted by Crippen LogP contribution is 2.37. The van der Waals surface area contributed by atoms with E-state index < -0.39 is 6.04 Å². The largest absolute Gasteiger partial charge is 0.333 e. The van der Waals surface area contributed by atoms with Crippen LogP contribution in [0, 0.1) is 5.92 Å². The Labute approximate surface area is 160 Å². The first-order chi connectivity index (χ1) is 13.1. The van der Waals surface area contributed by atoms with Crippen molar-refractivity contribution in [1.29, 1.82) is 0 Å². The van der Waals surface area contributed by atoms with Crippen LogP contribution in [0.15, 0.2) is 54.6 Å². The van der Waals surface area contributed by atoms with Crippen molar-refractivity contribution in [3.8, 4) is 0 Å². The number of fused-ring (bicyclic) bond motifs is 1. The van der Waals surface area contributed by atoms with E-state index in [1.807, 2.05) is 35.2 Å². The van der Waals surface area contributed by atoms with E-state index in [0.717, 1.165) is 12.1 Å². The van der Waals surface area contributed by atoms with Crippen LogP contribution in [0.5, 0.6) is 0 Å². The van der Waals surface area contributed by atoms with Crippen LogP contribution >= 0.6 is 0 Å². The summed E-state index contributed by atoms with van der Waals surface area (Å²) in [4.78, 5) is 29.9. The lowest BCUT2D eigenvalue weighted by Gasteiger charge is -2.42. The van der Waals surface area contributed by atoms with Gasteiger partial charge in [0.15, 0.2) is 0 Å². The molecule has 0 radical (unpaired) electrons. The van der Waals surface area contributed by atoms with Gasteiger partial charge in [0.1, 0.15) is 6.04 Å². The normalized spacial score (nSPS) is 22.3. The minimum absolute atomic E-state index is 0.0399. The van der Waals surface area contributed by atoms with Gasteiger partial charge in [-0.3, -0.25) is 14.5 Å². The summed E-state index contributed by atoms with van der Waals surface area (Å²) in [5.74, 6) is 0.439. The Morgan fingerprint density at radius 1 is 1.00 bits per heavy atom. The highest BCUT2D eigenvalue weighted by Gasteiger charge is 2.42. The molecule has 0 saturated carbocycles. The zero-order valence-corrected chi connectivity index (χ0v) is 16.0. The quantitative estimate of drug-likeness (QED) is 0.829. The highest BCUT2D eigenvalue weighted by atomic mass is 16.2. The fraction of sp³-hybridized carbons (Fsp3) is 0.391. The van der Waals surface area contributed by atoms with Crippen molar-refractivity contribution in [2.45, 2.75) is 45.2 Å². The number of carbonyl (C=O) groups is 2. The molecular weight excluding hydrogens is 336 g/mol. The molecule has 0 spiro atoms. The van der Waals surface area contributed by atoms with Crippen molar-refractivity contribution in [2.24, 2.45) is 5.92 Å². The summed E-state index contributed by atoms with van der Waals surface area (Å²) in [7, 11) is 0. The summed E-state index contributed by atoms with van der Waals surface area (Å²) in [5.41, 5.74) is 3.40. The standard InChI is InChI=1S/C23H26N2O2/c1-16(2)22-19-11-7-6-8-17(19)14-15-24(22)23(27)20-12-13-21(26)25(20)18-9-4-3-5-10-18/h3-11,16,20,22H,12-15H2,1-2H3. The summed E-state index contributed by atoms with van der Waals surface area (Å²) >= 11 is 0. The maximum absolute atomic E-state index is 13.6. The van der Waals surface area contributed by atoms with Gasteiger partial charge in [0.25, 0.3) is 0 Å². The molecule has 2 amide bonds. The van der Waals surface area contributed by atoms with Crippen LogP contribution in [0.4, 0.5) is 5.69 Å². The third-order valence-electron chi connectivity index (χ3n) is 5.78. The lowest BCUT2D eigenvalue weighted by Crippen LogP contribution is -2.51. The maximum atomic E-state index is 13.6. The molecule has 1 fully saturated rings. The number of nitrogens with zero attached hydrogens (tertiary/aromatic N) is 2. The first-order valence-corrected chi connectivity index (χ1v) is 9.83. The van der Waals surface area contributed by atoms with Crippen molar-refractivity contribution in [3.63, 3.8) is 0 Å². The van der Waals surface area contributed by atoms with Gasteiger partial charge in [-0.05, 0) is 42.0 Å². The number of anilines is 1. The molecule has 4 nitrogen and oxygen atoms in total. The van der Waals surface area contributed by atoms with Gasteiger partial charge < -0.3 is 4.90 Å². The van der Waals surface area contributed by atoms with Gasteiger partial charge in [0, 0.05) is 18.7 Å². The number of benzene rings is 2. The number of carbonyl (C=O) groups excluding carboxylic acids is 2. The van der Waals surface area contributed by atoms with Crippen LogP contribution in [-0.2, 0) is 16.0 Å². The number of hydrogen-bond acceptors (Lipinski definition) is 2. The predicted octanol–water partition coefficient (Wildman–Crippen LogP) is 3.96. The van der Waals surface area contributed by atoms with E-state index in [0.29, 0.717) is 25.3 Å². The number of hydrogen-bond donors (Lipinski definition) is 0. The molecule has 2 atom stereocenters. The monoisotopic (exact) mass is 362 g/mol. The van der Waals surface area contributed by atoms with Gasteiger partial charge in [0.2, 0.25) is 11.8 Å². The Balaban J connectivity index is 1.66. The van der Waals surface area contributed by atoms with E-state index >= 15 is 0 Å². The number of para-hydroxylation sites is 1. The van der Waals surface area contributed by atoms with Crippen LogP contribution in [0.2, 0.25) is 0 Å². The van der Waals surface area contributed by atoms with Crippen LogP contribution in [0.3, 0.4) is 0 Å². The second kappa shape index (κ2) is 7.18. The molecule has 1 saturated heterocycles. The van der Waals surface area contributed by atoms with Gasteiger partial charge in [-0.25, -0.2) is 0 Å². The van der Waals surface area contributed by atoms with Crippen molar-refractivity contribution in [1.82, 2.24) is 4.90 Å². The SMILES string of the molecule is CC(C)C1c2ccccc2CCN1C(=O)C1CCC(=O)N1c1ccccc1. The van der Waals surface area contributed by atoms with E-state index in [2.05, 4.69) is 38.1 Å². The van der Waals surface area contributed by atoms with E-state index in [4.69, 9.17) is 0 Å². The minimum Gasteiger partial charge on any atom is -0.333 e. The Morgan fingerprint density at radius 3 is 2.44 bits per heavy atom. The van der Waals surface area contributed by atoms with Gasteiger partial charge in [0.05, 0.1) is 6.04 Å². The summed E-state index contributed by atoms with van der Waals surface area (Å²) in [6, 6.07) is 17.7. The highest BCUT2D eigenvalue weighted by molar-refractivity contribution is 6.03. The molecule has 2 heterocycles. The maximum Gasteiger partial charge on any atom is 0.246 e. The summed E-state index contributed by atoms with van der Waals surface area (Å²) in [5, 5.41) is 0. The average molecular weight is 362 g/mol. The lowest BCUT2D eigenvalue weighted by molar-refractivity contribution is -0.137. The van der Waals surface area contributed by atoms with Crippen molar-refractivity contribution < 1.29 is 9.59 Å². The van der Waals surface area contributed by atoms with E-state index in [-0.39, 0.29) is 17.9 Å². The molecule has 2 aliphatic heterocycles. The fourth-order valence-corrected chi connectivity index (χ4v) is 4.59. The van der Waals surface area contributed by atoms with Crippen LogP contribution in [0.1, 0.15) is 43.9 Å². The van der Waals surface area contributed by atoms with E-state index in [1.54, 1.807) is 4.90 Å². The Hall–Kier alpha value is -2.62. The Morgan fingerprint density at radius 2 is 1.70 bits per heavy atom. The molecule has 4 heteroatoms. The molecule has 2 aliphatic rings. The molecule has 2 aromatic rings. The zero-order chi connectivity index (χ0) is 19.0. The molecule has 2 aromatic carbocycles. The molecule has 0 aliphatic carbocycles. The predicted molar refractivity (Wildman–Crippen MR) is 106 cm³/mol. The lowest BCUT2D eigenvalue weighted by atomic mass is 9.85. The van der Waals surface area contributed by atoms with Gasteiger partial charge in [-0.15, -0.1) is 0 Å². The van der Waals surface area contributed by atoms with Gasteiger partial charge >= 0.3 is 0 Å². The second-order valence-electron chi connectivity index (χ2n) is 7.82. The molecule has 0 N–H and O–H groups in total. The summed E-state index contributed by atoms with van der Waals surface area (Å²) in [6.07, 6.45) is 1.90. The summed E-state index contributed by atoms with van der Waals surface area (Å²) < 4.78 is 0. The van der Waals surface area contributed by atoms with Crippen LogP contribution in [-0.4, -0.2) is 29.3 Å². The van der Waals surface area contributed by atoms with Crippen molar-refractivity contribution in [3.05, 3.63) is 65.7 Å². The molecule has 140 valence electrons. The first-order valence-electron chi connectivity index (χ1n) is 9.83. The third kappa shape index (κ3) is 3.14. The molecule has 27 heavy (non-hydrogen) atoms. The Kier molecular flexibility index (Phi) is 4.73. The molecule has 0 aromatic heterocycles. The topological polar surface area (TPSA) is 40.6 Å². The first kappa shape index (κ1) is 17.8. The molecule has 2 unspecified atom stereocenters. The fourth-order valence-electron chi connectivity index (χ4n) is 4.59. The minimum atomic E-state index is -0.397. The van der Waals surface area contributed by atoms with Crippen LogP contribution < -0.4 is 4.90 Å². The Bertz CT molecular complexity index is 846. The molecule has 0 bridgehead atoms. The smallest absolute Gasteiger partial charge is 0.246 e. The molecular formula is C23H26N2O2. The van der Waals surface area contributed by atoms with Crippen molar-refractivity contribution >= 4 is 17.5 Å². The number of rotatable bonds is 3. The van der Waals surface area contributed by atoms with Gasteiger partial charge in [-0.2, -0.15) is 0 Å². The second-order valence-corrected chi connectivity index (χ2v) is 7.82. The molecule has 4 rings (SSSR count). The summed E-state index contributed by atoms with van der Waals surface area (Å²) in [6.45, 7) is 5.05. The van der Waals surface area contributed by atoms with E-state index in [9.17, 15) is 9.59 Å². The zero-order valence-electron chi connectivity index (χ0n) is 16.0. The third-order valence-corrected chi connectivity index (χ3v) is 5.78. The van der Waals surface area contributed by atoms with Crippen molar-refractivity contribution in [2.75, 3.05) is 11.4 Å². The van der Waals surface area contributed by atoms with Gasteiger partial charge in [-0.1, -0.05) is 56.3 Å². The average Bonchev–Trinajstić information content (AvgIpc) is 3.08.